The molecule has 0 aromatic heterocycles. The normalized spacial score (nSPS) is 0. The van der Waals surface area contributed by atoms with Crippen LogP contribution in [0.15, 0.2) is 0 Å². The van der Waals surface area contributed by atoms with E-state index in [0.717, 1.165) is 0 Å². The predicted octanol–water partition coefficient (Wildman–Crippen LogP) is -1.46. The van der Waals surface area contributed by atoms with Crippen LogP contribution in [0.1, 0.15) is 0 Å². The van der Waals surface area contributed by atoms with Gasteiger partial charge in [0.05, 0.1) is 0 Å². The molecule has 0 spiro atoms. The van der Waals surface area contributed by atoms with Crippen molar-refractivity contribution in [3.8, 4) is 0 Å². The van der Waals surface area contributed by atoms with Gasteiger partial charge in [0.25, 0.3) is 0 Å². The molecule has 0 nitrogen and oxygen atoms in total. The van der Waals surface area contributed by atoms with Crippen molar-refractivity contribution in [2.45, 2.75) is 0 Å². The Morgan fingerprint density at radius 1 is 1.00 bits per heavy atom. The van der Waals surface area contributed by atoms with Gasteiger partial charge in [-0.15, -0.1) is 0 Å². The van der Waals surface area contributed by atoms with Crippen LogP contribution in [0, 0.1) is 0 Å². The Labute approximate surface area is 91.2 Å². The Morgan fingerprint density at radius 2 is 1.00 bits per heavy atom. The standard InChI is InChI=1S/Cd.Co.Ni.H4Si.W/h;;;1H4;. The van der Waals surface area contributed by atoms with Crippen molar-refractivity contribution in [2.75, 3.05) is 0 Å². The molecule has 0 bridgehead atoms. The van der Waals surface area contributed by atoms with E-state index in [-0.39, 0.29) is 92.6 Å². The van der Waals surface area contributed by atoms with E-state index in [1.807, 2.05) is 0 Å². The number of hydrogen-bond acceptors (Lipinski definition) is 0. The van der Waals surface area contributed by atoms with Gasteiger partial charge in [0, 0.05) is 81.6 Å². The molecular weight excluding hydrogens is 442 g/mol. The monoisotopic (exact) mass is 447 g/mol. The van der Waals surface area contributed by atoms with Gasteiger partial charge >= 0.3 is 0 Å². The molecule has 1 radical (unpaired) electrons. The van der Waals surface area contributed by atoms with Crippen LogP contribution < -0.4 is 0 Å². The van der Waals surface area contributed by atoms with E-state index in [2.05, 4.69) is 0 Å². The molecule has 0 aromatic rings. The number of hydrogen-bond donors (Lipinski definition) is 0. The molecule has 5 heteroatoms. The molecule has 0 atom stereocenters. The minimum Gasteiger partial charge on any atom is -0.0149 e. The van der Waals surface area contributed by atoms with Crippen LogP contribution in [0.4, 0.5) is 0 Å². The Hall–Kier alpha value is 2.83. The molecule has 0 aliphatic rings. The zero-order valence-corrected chi connectivity index (χ0v) is 10.8. The van der Waals surface area contributed by atoms with Crippen LogP contribution in [0.3, 0.4) is 0 Å². The molecule has 0 rings (SSSR count). The second-order valence-electron chi connectivity index (χ2n) is 0. The van der Waals surface area contributed by atoms with Gasteiger partial charge in [0.15, 0.2) is 0 Å². The maximum atomic E-state index is 0. The molecule has 5 heavy (non-hydrogen) atoms. The van der Waals surface area contributed by atoms with Crippen LogP contribution in [0.5, 0.6) is 0 Å². The van der Waals surface area contributed by atoms with Crippen molar-refractivity contribution in [1.82, 2.24) is 0 Å². The maximum absolute atomic E-state index is 0. The molecule has 0 aromatic carbocycles. The molecule has 0 N–H and O–H groups in total. The van der Waals surface area contributed by atoms with Crippen LogP contribution in [-0.2, 0) is 81.6 Å². The summed E-state index contributed by atoms with van der Waals surface area (Å²) in [6.45, 7) is 0. The van der Waals surface area contributed by atoms with Crippen LogP contribution in [-0.4, -0.2) is 11.0 Å². The van der Waals surface area contributed by atoms with Gasteiger partial charge in [-0.25, -0.2) is 0 Å². The fourth-order valence-corrected chi connectivity index (χ4v) is 0. The third kappa shape index (κ3) is 19.9. The minimum atomic E-state index is 0. The second-order valence-corrected chi connectivity index (χ2v) is 0. The van der Waals surface area contributed by atoms with Crippen molar-refractivity contribution < 1.29 is 81.6 Å². The van der Waals surface area contributed by atoms with Crippen molar-refractivity contribution in [3.05, 3.63) is 0 Å². The second kappa shape index (κ2) is 29.0. The summed E-state index contributed by atoms with van der Waals surface area (Å²) in [6, 6.07) is 0. The first kappa shape index (κ1) is 45.6. The Bertz CT molecular complexity index is 11.6. The van der Waals surface area contributed by atoms with E-state index in [4.69, 9.17) is 0 Å². The van der Waals surface area contributed by atoms with Gasteiger partial charge in [-0.05, 0) is 11.0 Å². The van der Waals surface area contributed by atoms with Crippen molar-refractivity contribution in [1.29, 1.82) is 0 Å². The molecule has 0 unspecified atom stereocenters. The molecule has 0 fully saturated rings. The third-order valence-electron chi connectivity index (χ3n) is 0. The van der Waals surface area contributed by atoms with E-state index in [1.165, 1.54) is 0 Å². The summed E-state index contributed by atoms with van der Waals surface area (Å²) in [5, 5.41) is 0. The van der Waals surface area contributed by atoms with Crippen LogP contribution in [0.25, 0.3) is 0 Å². The van der Waals surface area contributed by atoms with Gasteiger partial charge < -0.3 is 0 Å². The van der Waals surface area contributed by atoms with Gasteiger partial charge in [0.2, 0.25) is 0 Å². The Kier molecular flexibility index (Phi) is 265. The summed E-state index contributed by atoms with van der Waals surface area (Å²) < 4.78 is 0. The summed E-state index contributed by atoms with van der Waals surface area (Å²) in [5.41, 5.74) is 0. The summed E-state index contributed by atoms with van der Waals surface area (Å²) in [4.78, 5) is 0. The van der Waals surface area contributed by atoms with Gasteiger partial charge in [-0.2, -0.15) is 0 Å². The zero-order chi connectivity index (χ0) is 0. The van der Waals surface area contributed by atoms with Crippen molar-refractivity contribution in [2.24, 2.45) is 0 Å². The fourth-order valence-electron chi connectivity index (χ4n) is 0. The largest absolute Gasteiger partial charge is 0.0149 e. The smallest absolute Gasteiger partial charge is 0 e. The fraction of sp³-hybridized carbons (Fsp3) is 0. The summed E-state index contributed by atoms with van der Waals surface area (Å²) in [5.74, 6) is 0. The van der Waals surface area contributed by atoms with Gasteiger partial charge in [-0.1, -0.05) is 0 Å². The predicted molar refractivity (Wildman–Crippen MR) is 11.3 cm³/mol. The van der Waals surface area contributed by atoms with Gasteiger partial charge in [0.1, 0.15) is 0 Å². The third-order valence-corrected chi connectivity index (χ3v) is 0. The SMILES string of the molecule is [Cd].[Co].[Ni].[SiH4].[W]. The van der Waals surface area contributed by atoms with E-state index < -0.39 is 0 Å². The molecule has 0 saturated heterocycles. The van der Waals surface area contributed by atoms with E-state index in [0.29, 0.717) is 0 Å². The van der Waals surface area contributed by atoms with E-state index in [1.54, 1.807) is 0 Å². The van der Waals surface area contributed by atoms with Crippen LogP contribution >= 0.6 is 0 Å². The van der Waals surface area contributed by atoms with Crippen molar-refractivity contribution >= 4 is 11.0 Å². The molecule has 0 aliphatic heterocycles. The topological polar surface area (TPSA) is 0 Å². The molecule has 35 valence electrons. The van der Waals surface area contributed by atoms with Gasteiger partial charge in [-0.3, -0.25) is 0 Å². The molecular formula is H4CdCoNiSiW. The summed E-state index contributed by atoms with van der Waals surface area (Å²) >= 11 is 0. The molecule has 0 aliphatic carbocycles. The summed E-state index contributed by atoms with van der Waals surface area (Å²) in [6.07, 6.45) is 0. The molecule has 0 saturated carbocycles. The first-order chi connectivity index (χ1) is 0. The van der Waals surface area contributed by atoms with E-state index in [9.17, 15) is 0 Å². The Morgan fingerprint density at radius 3 is 1.00 bits per heavy atom. The quantitative estimate of drug-likeness (QED) is 0.400. The Balaban J connectivity index is 0. The average molecular weight is 446 g/mol. The first-order valence-corrected chi connectivity index (χ1v) is 0. The molecule has 0 heterocycles. The van der Waals surface area contributed by atoms with Crippen molar-refractivity contribution in [3.63, 3.8) is 0 Å². The van der Waals surface area contributed by atoms with E-state index >= 15 is 0 Å². The zero-order valence-electron chi connectivity index (χ0n) is 1.76. The average Bonchev–Trinajstić information content (AvgIpc) is 0. The molecule has 0 amide bonds. The number of rotatable bonds is 0. The first-order valence-electron chi connectivity index (χ1n) is 0. The summed E-state index contributed by atoms with van der Waals surface area (Å²) in [7, 11) is 0. The van der Waals surface area contributed by atoms with Crippen LogP contribution in [0.2, 0.25) is 0 Å². The minimum absolute atomic E-state index is 0. The maximum Gasteiger partial charge on any atom is 0 e.